The SMILES string of the molecule is CC(C)(C)OC(=O)N1CC(OCCNc2cccc(S(=O)(=O)NC(=O)C3=CC=C(n4ccc(OCCCC5(C(F)(F)F)CC5)n4)NC3(C)Cl)n2)CC1(C)C. The number of halogens is 4. The molecule has 2 aromatic heterocycles. The summed E-state index contributed by atoms with van der Waals surface area (Å²) in [6.45, 7) is 11.8. The summed E-state index contributed by atoms with van der Waals surface area (Å²) in [5.41, 5.74) is -2.77. The average Bonchev–Trinajstić information content (AvgIpc) is 3.60. The number of anilines is 1. The second-order valence-electron chi connectivity index (χ2n) is 15.4. The van der Waals surface area contributed by atoms with Gasteiger partial charge in [-0.15, -0.1) is 5.10 Å². The monoisotopic (exact) mass is 801 g/mol. The van der Waals surface area contributed by atoms with Crippen molar-refractivity contribution in [2.24, 2.45) is 5.41 Å². The van der Waals surface area contributed by atoms with E-state index >= 15 is 0 Å². The van der Waals surface area contributed by atoms with Gasteiger partial charge in [-0.2, -0.15) is 21.6 Å². The Kier molecular flexibility index (Phi) is 11.6. The fraction of sp³-hybridized carbons (Fsp3) is 0.600. The van der Waals surface area contributed by atoms with E-state index < -0.39 is 54.8 Å². The minimum atomic E-state index is -4.43. The van der Waals surface area contributed by atoms with E-state index in [0.717, 1.165) is 0 Å². The number of sulfonamides is 1. The molecule has 0 radical (unpaired) electrons. The molecular weight excluding hydrogens is 755 g/mol. The van der Waals surface area contributed by atoms with Crippen LogP contribution in [0.15, 0.2) is 53.2 Å². The molecule has 5 rings (SSSR count). The smallest absolute Gasteiger partial charge is 0.410 e. The molecule has 1 saturated carbocycles. The van der Waals surface area contributed by atoms with Gasteiger partial charge < -0.3 is 29.7 Å². The van der Waals surface area contributed by atoms with Crippen LogP contribution in [0.2, 0.25) is 0 Å². The Hall–Kier alpha value is -4.03. The van der Waals surface area contributed by atoms with E-state index in [2.05, 4.69) is 20.7 Å². The molecule has 0 aromatic carbocycles. The molecule has 2 atom stereocenters. The number of ether oxygens (including phenoxy) is 3. The number of aromatic nitrogens is 3. The third kappa shape index (κ3) is 9.98. The van der Waals surface area contributed by atoms with Gasteiger partial charge >= 0.3 is 12.3 Å². The van der Waals surface area contributed by atoms with E-state index in [0.29, 0.717) is 18.8 Å². The normalized spacial score (nSPS) is 22.1. The van der Waals surface area contributed by atoms with Gasteiger partial charge in [0.05, 0.1) is 36.9 Å². The molecule has 1 aliphatic carbocycles. The Balaban J connectivity index is 1.12. The largest absolute Gasteiger partial charge is 0.477 e. The number of allylic oxidation sites excluding steroid dienone is 2. The highest BCUT2D eigenvalue weighted by Crippen LogP contribution is 2.60. The number of dihydropyridines is 1. The lowest BCUT2D eigenvalue weighted by atomic mass is 10.0. The minimum Gasteiger partial charge on any atom is -0.477 e. The second kappa shape index (κ2) is 15.2. The molecule has 14 nitrogen and oxygen atoms in total. The van der Waals surface area contributed by atoms with Crippen molar-refractivity contribution in [3.63, 3.8) is 0 Å². The first-order chi connectivity index (χ1) is 25.0. The lowest BCUT2D eigenvalue weighted by Gasteiger charge is -2.33. The molecule has 298 valence electrons. The van der Waals surface area contributed by atoms with Crippen LogP contribution in [0.1, 0.15) is 73.6 Å². The van der Waals surface area contributed by atoms with Crippen LogP contribution in [0.25, 0.3) is 5.82 Å². The van der Waals surface area contributed by atoms with Crippen molar-refractivity contribution in [2.75, 3.05) is 31.6 Å². The molecule has 4 heterocycles. The molecule has 3 aliphatic rings. The maximum Gasteiger partial charge on any atom is 0.410 e. The molecule has 0 spiro atoms. The van der Waals surface area contributed by atoms with Gasteiger partial charge in [-0.3, -0.25) is 4.79 Å². The van der Waals surface area contributed by atoms with Gasteiger partial charge in [-0.1, -0.05) is 17.7 Å². The van der Waals surface area contributed by atoms with Crippen molar-refractivity contribution in [1.29, 1.82) is 0 Å². The number of pyridine rings is 1. The number of likely N-dealkylation sites (tertiary alicyclic amines) is 1. The predicted molar refractivity (Wildman–Crippen MR) is 194 cm³/mol. The summed E-state index contributed by atoms with van der Waals surface area (Å²) >= 11 is 6.65. The number of hydrogen-bond acceptors (Lipinski definition) is 11. The van der Waals surface area contributed by atoms with Crippen molar-refractivity contribution in [3.05, 3.63) is 48.2 Å². The van der Waals surface area contributed by atoms with E-state index in [1.807, 2.05) is 39.3 Å². The van der Waals surface area contributed by atoms with Crippen LogP contribution < -0.4 is 20.1 Å². The number of rotatable bonds is 14. The lowest BCUT2D eigenvalue weighted by Crippen LogP contribution is -2.47. The number of amides is 2. The predicted octanol–water partition coefficient (Wildman–Crippen LogP) is 5.78. The highest BCUT2D eigenvalue weighted by atomic mass is 35.5. The first-order valence-corrected chi connectivity index (χ1v) is 19.4. The average molecular weight is 802 g/mol. The van der Waals surface area contributed by atoms with E-state index in [4.69, 9.17) is 25.8 Å². The first-order valence-electron chi connectivity index (χ1n) is 17.6. The molecule has 1 saturated heterocycles. The third-order valence-corrected chi connectivity index (χ3v) is 10.8. The molecule has 2 unspecified atom stereocenters. The molecule has 2 aromatic rings. The van der Waals surface area contributed by atoms with Crippen LogP contribution in [0, 0.1) is 5.41 Å². The number of carbonyl (C=O) groups is 2. The molecule has 2 fully saturated rings. The van der Waals surface area contributed by atoms with Crippen LogP contribution in [0.5, 0.6) is 5.88 Å². The van der Waals surface area contributed by atoms with E-state index in [1.54, 1.807) is 11.0 Å². The summed E-state index contributed by atoms with van der Waals surface area (Å²) in [5.74, 6) is -0.233. The van der Waals surface area contributed by atoms with Gasteiger partial charge in [0.15, 0.2) is 5.03 Å². The van der Waals surface area contributed by atoms with Crippen molar-refractivity contribution < 1.29 is 45.4 Å². The van der Waals surface area contributed by atoms with Crippen molar-refractivity contribution in [3.8, 4) is 5.88 Å². The van der Waals surface area contributed by atoms with Gasteiger partial charge in [-0.05, 0) is 97.9 Å². The summed E-state index contributed by atoms with van der Waals surface area (Å²) in [5, 5.41) is 9.81. The fourth-order valence-electron chi connectivity index (χ4n) is 6.25. The third-order valence-electron chi connectivity index (χ3n) is 9.28. The number of alkyl halides is 4. The number of hydrogen-bond donors (Lipinski definition) is 3. The number of nitrogens with one attached hydrogen (secondary N) is 3. The van der Waals surface area contributed by atoms with Gasteiger partial charge in [0, 0.05) is 24.3 Å². The fourth-order valence-corrected chi connectivity index (χ4v) is 7.43. The summed E-state index contributed by atoms with van der Waals surface area (Å²) < 4.78 is 86.4. The minimum absolute atomic E-state index is 0.00699. The van der Waals surface area contributed by atoms with Gasteiger partial charge in [-0.25, -0.2) is 19.2 Å². The highest BCUT2D eigenvalue weighted by Gasteiger charge is 2.62. The quantitative estimate of drug-likeness (QED) is 0.120. The Morgan fingerprint density at radius 3 is 2.46 bits per heavy atom. The molecule has 19 heteroatoms. The van der Waals surface area contributed by atoms with Crippen LogP contribution in [-0.4, -0.2) is 94.8 Å². The van der Waals surface area contributed by atoms with E-state index in [9.17, 15) is 31.2 Å². The van der Waals surface area contributed by atoms with Crippen LogP contribution >= 0.6 is 11.6 Å². The molecule has 2 amide bonds. The van der Waals surface area contributed by atoms with Gasteiger partial charge in [0.2, 0.25) is 5.88 Å². The molecule has 3 N–H and O–H groups in total. The second-order valence-corrected chi connectivity index (χ2v) is 17.8. The number of nitrogens with zero attached hydrogens (tertiary/aromatic N) is 4. The Morgan fingerprint density at radius 1 is 1.09 bits per heavy atom. The Morgan fingerprint density at radius 2 is 1.81 bits per heavy atom. The zero-order chi connectivity index (χ0) is 39.7. The zero-order valence-corrected chi connectivity index (χ0v) is 32.6. The maximum absolute atomic E-state index is 13.2. The van der Waals surface area contributed by atoms with Gasteiger partial charge in [0.25, 0.3) is 15.9 Å². The zero-order valence-electron chi connectivity index (χ0n) is 31.0. The van der Waals surface area contributed by atoms with Crippen molar-refractivity contribution in [1.82, 2.24) is 29.7 Å². The standard InChI is InChI=1S/C35H47ClF3N7O7S/c1-31(2,3)53-30(48)45-22-23(21-32(45,4)5)51-20-17-40-25-9-7-10-28(41-25)54(49,50)44-29(47)24-11-12-26(42-33(24,6)36)46-18-13-27(43-46)52-19-8-14-34(15-16-34)35(37,38)39/h7,9-13,18,23,42H,8,14-17,19-22H2,1-6H3,(H,40,41)(H,44,47). The van der Waals surface area contributed by atoms with Crippen molar-refractivity contribution >= 4 is 45.3 Å². The summed E-state index contributed by atoms with van der Waals surface area (Å²) in [4.78, 5) is 30.2. The van der Waals surface area contributed by atoms with Gasteiger partial charge in [0.1, 0.15) is 22.2 Å². The lowest BCUT2D eigenvalue weighted by molar-refractivity contribution is -0.189. The first kappa shape index (κ1) is 41.1. The van der Waals surface area contributed by atoms with Crippen molar-refractivity contribution in [2.45, 2.75) is 107 Å². The van der Waals surface area contributed by atoms with Crippen LogP contribution in [-0.2, 0) is 24.3 Å². The summed E-state index contributed by atoms with van der Waals surface area (Å²) in [7, 11) is -4.43. The van der Waals surface area contributed by atoms with E-state index in [-0.39, 0.29) is 68.8 Å². The molecular formula is C35H47ClF3N7O7S. The highest BCUT2D eigenvalue weighted by molar-refractivity contribution is 7.90. The van der Waals surface area contributed by atoms with E-state index in [1.165, 1.54) is 48.2 Å². The Bertz CT molecular complexity index is 1890. The van der Waals surface area contributed by atoms with Crippen LogP contribution in [0.4, 0.5) is 23.8 Å². The summed E-state index contributed by atoms with van der Waals surface area (Å²) in [6.07, 6.45) is 0.631. The molecule has 54 heavy (non-hydrogen) atoms. The number of carbonyl (C=O) groups excluding carboxylic acids is 2. The van der Waals surface area contributed by atoms with Crippen LogP contribution in [0.3, 0.4) is 0 Å². The topological polar surface area (TPSA) is 166 Å². The molecule has 0 bridgehead atoms. The summed E-state index contributed by atoms with van der Waals surface area (Å²) in [6, 6.07) is 5.82. The Labute approximate surface area is 317 Å². The maximum atomic E-state index is 13.2. The molecule has 2 aliphatic heterocycles.